The van der Waals surface area contributed by atoms with Crippen molar-refractivity contribution >= 4 is 38.6 Å². The van der Waals surface area contributed by atoms with E-state index in [4.69, 9.17) is 16.0 Å². The summed E-state index contributed by atoms with van der Waals surface area (Å²) in [6.07, 6.45) is 3.26. The van der Waals surface area contributed by atoms with Crippen LogP contribution in [0.4, 0.5) is 0 Å². The predicted molar refractivity (Wildman–Crippen MR) is 87.1 cm³/mol. The largest absolute Gasteiger partial charge is 0.436 e. The molecule has 0 spiro atoms. The van der Waals surface area contributed by atoms with Gasteiger partial charge < -0.3 is 4.42 Å². The third-order valence-corrected chi connectivity index (χ3v) is 4.07. The predicted octanol–water partition coefficient (Wildman–Crippen LogP) is 4.49. The molecule has 0 bridgehead atoms. The van der Waals surface area contributed by atoms with Crippen LogP contribution in [0.1, 0.15) is 0 Å². The minimum absolute atomic E-state index is 0.488. The molecular formula is C15H8BrClN4O. The summed E-state index contributed by atoms with van der Waals surface area (Å²) >= 11 is 9.66. The standard InChI is InChI=1S/C15H8BrClN4O/c16-9-1-3-12(17)11(5-9)15-20-13-4-2-10(6-14(13)22-15)21-7-18-19-8-21/h1-8H. The van der Waals surface area contributed by atoms with Gasteiger partial charge in [-0.2, -0.15) is 0 Å². The zero-order valence-corrected chi connectivity index (χ0v) is 13.4. The van der Waals surface area contributed by atoms with Gasteiger partial charge in [-0.15, -0.1) is 10.2 Å². The van der Waals surface area contributed by atoms with Crippen molar-refractivity contribution in [2.24, 2.45) is 0 Å². The molecule has 2 aromatic carbocycles. The first-order valence-corrected chi connectivity index (χ1v) is 7.59. The summed E-state index contributed by atoms with van der Waals surface area (Å²) in [5.74, 6) is 0.488. The fraction of sp³-hybridized carbons (Fsp3) is 0. The molecule has 0 aliphatic heterocycles. The first-order valence-electron chi connectivity index (χ1n) is 6.42. The SMILES string of the molecule is Clc1ccc(Br)cc1-c1nc2ccc(-n3cnnc3)cc2o1. The summed E-state index contributed by atoms with van der Waals surface area (Å²) in [5.41, 5.74) is 3.10. The molecule has 0 atom stereocenters. The maximum Gasteiger partial charge on any atom is 0.228 e. The molecule has 5 nitrogen and oxygen atoms in total. The van der Waals surface area contributed by atoms with E-state index in [0.29, 0.717) is 16.5 Å². The Balaban J connectivity index is 1.85. The molecule has 0 saturated heterocycles. The van der Waals surface area contributed by atoms with Crippen LogP contribution in [0.25, 0.3) is 28.2 Å². The van der Waals surface area contributed by atoms with Crippen LogP contribution >= 0.6 is 27.5 Å². The van der Waals surface area contributed by atoms with Gasteiger partial charge in [0.25, 0.3) is 0 Å². The molecule has 0 unspecified atom stereocenters. The zero-order valence-electron chi connectivity index (χ0n) is 11.1. The van der Waals surface area contributed by atoms with Crippen molar-refractivity contribution < 1.29 is 4.42 Å². The van der Waals surface area contributed by atoms with Crippen LogP contribution in [0.3, 0.4) is 0 Å². The van der Waals surface area contributed by atoms with Crippen molar-refractivity contribution in [3.05, 3.63) is 58.5 Å². The Morgan fingerprint density at radius 1 is 1.05 bits per heavy atom. The first-order chi connectivity index (χ1) is 10.7. The highest BCUT2D eigenvalue weighted by molar-refractivity contribution is 9.10. The van der Waals surface area contributed by atoms with E-state index in [1.54, 1.807) is 23.3 Å². The van der Waals surface area contributed by atoms with Gasteiger partial charge in [0.15, 0.2) is 5.58 Å². The van der Waals surface area contributed by atoms with E-state index in [2.05, 4.69) is 31.1 Å². The number of benzene rings is 2. The molecule has 22 heavy (non-hydrogen) atoms. The summed E-state index contributed by atoms with van der Waals surface area (Å²) in [4.78, 5) is 4.49. The molecule has 7 heteroatoms. The number of aromatic nitrogens is 4. The quantitative estimate of drug-likeness (QED) is 0.518. The summed E-state index contributed by atoms with van der Waals surface area (Å²) in [6, 6.07) is 11.3. The lowest BCUT2D eigenvalue weighted by Gasteiger charge is -1.99. The van der Waals surface area contributed by atoms with Gasteiger partial charge >= 0.3 is 0 Å². The van der Waals surface area contributed by atoms with Crippen LogP contribution in [0, 0.1) is 0 Å². The zero-order chi connectivity index (χ0) is 15.1. The second-order valence-corrected chi connectivity index (χ2v) is 5.99. The fourth-order valence-corrected chi connectivity index (χ4v) is 2.74. The monoisotopic (exact) mass is 374 g/mol. The number of hydrogen-bond donors (Lipinski definition) is 0. The number of nitrogens with zero attached hydrogens (tertiary/aromatic N) is 4. The lowest BCUT2D eigenvalue weighted by Crippen LogP contribution is -1.88. The van der Waals surface area contributed by atoms with Crippen molar-refractivity contribution in [2.45, 2.75) is 0 Å². The highest BCUT2D eigenvalue weighted by Gasteiger charge is 2.13. The van der Waals surface area contributed by atoms with Crippen molar-refractivity contribution in [3.63, 3.8) is 0 Å². The Morgan fingerprint density at radius 2 is 1.86 bits per heavy atom. The van der Waals surface area contributed by atoms with Gasteiger partial charge in [0.05, 0.1) is 16.3 Å². The third-order valence-electron chi connectivity index (χ3n) is 3.25. The van der Waals surface area contributed by atoms with E-state index < -0.39 is 0 Å². The average molecular weight is 376 g/mol. The van der Waals surface area contributed by atoms with Crippen molar-refractivity contribution in [2.75, 3.05) is 0 Å². The van der Waals surface area contributed by atoms with E-state index in [1.165, 1.54) is 0 Å². The Hall–Kier alpha value is -2.18. The van der Waals surface area contributed by atoms with Crippen LogP contribution in [-0.4, -0.2) is 19.7 Å². The lowest BCUT2D eigenvalue weighted by atomic mass is 10.2. The average Bonchev–Trinajstić information content (AvgIpc) is 3.17. The van der Waals surface area contributed by atoms with Crippen molar-refractivity contribution in [3.8, 4) is 17.1 Å². The molecule has 0 saturated carbocycles. The molecule has 0 radical (unpaired) electrons. The summed E-state index contributed by atoms with van der Waals surface area (Å²) < 4.78 is 8.57. The van der Waals surface area contributed by atoms with Gasteiger partial charge in [-0.3, -0.25) is 4.57 Å². The van der Waals surface area contributed by atoms with E-state index in [0.717, 1.165) is 21.2 Å². The van der Waals surface area contributed by atoms with E-state index in [9.17, 15) is 0 Å². The van der Waals surface area contributed by atoms with Gasteiger partial charge in [-0.25, -0.2) is 4.98 Å². The van der Waals surface area contributed by atoms with Crippen LogP contribution in [0.15, 0.2) is 57.9 Å². The van der Waals surface area contributed by atoms with Gasteiger partial charge in [-0.1, -0.05) is 27.5 Å². The molecule has 0 fully saturated rings. The number of fused-ring (bicyclic) bond motifs is 1. The molecular weight excluding hydrogens is 368 g/mol. The molecule has 0 N–H and O–H groups in total. The highest BCUT2D eigenvalue weighted by Crippen LogP contribution is 2.32. The minimum atomic E-state index is 0.488. The molecule has 4 aromatic rings. The Kier molecular flexibility index (Phi) is 3.20. The van der Waals surface area contributed by atoms with Gasteiger partial charge in [0, 0.05) is 10.5 Å². The Labute approximate surface area is 138 Å². The van der Waals surface area contributed by atoms with Crippen molar-refractivity contribution in [1.82, 2.24) is 19.7 Å². The molecule has 0 aliphatic rings. The highest BCUT2D eigenvalue weighted by atomic mass is 79.9. The van der Waals surface area contributed by atoms with Gasteiger partial charge in [0.2, 0.25) is 5.89 Å². The number of rotatable bonds is 2. The van der Waals surface area contributed by atoms with Crippen LogP contribution in [-0.2, 0) is 0 Å². The molecule has 0 amide bonds. The normalized spacial score (nSPS) is 11.2. The molecule has 2 aromatic heterocycles. The third kappa shape index (κ3) is 2.30. The van der Waals surface area contributed by atoms with Crippen LogP contribution < -0.4 is 0 Å². The molecule has 0 aliphatic carbocycles. The fourth-order valence-electron chi connectivity index (χ4n) is 2.18. The van der Waals surface area contributed by atoms with Crippen LogP contribution in [0.5, 0.6) is 0 Å². The van der Waals surface area contributed by atoms with Crippen molar-refractivity contribution in [1.29, 1.82) is 0 Å². The summed E-state index contributed by atoms with van der Waals surface area (Å²) in [5, 5.41) is 8.19. The van der Waals surface area contributed by atoms with E-state index in [1.807, 2.05) is 30.3 Å². The Morgan fingerprint density at radius 3 is 2.68 bits per heavy atom. The summed E-state index contributed by atoms with van der Waals surface area (Å²) in [6.45, 7) is 0. The molecule has 2 heterocycles. The van der Waals surface area contributed by atoms with E-state index in [-0.39, 0.29) is 0 Å². The molecule has 4 rings (SSSR count). The topological polar surface area (TPSA) is 56.7 Å². The maximum absolute atomic E-state index is 6.23. The second kappa shape index (κ2) is 5.23. The second-order valence-electron chi connectivity index (χ2n) is 4.66. The van der Waals surface area contributed by atoms with Gasteiger partial charge in [-0.05, 0) is 30.3 Å². The van der Waals surface area contributed by atoms with E-state index >= 15 is 0 Å². The summed E-state index contributed by atoms with van der Waals surface area (Å²) in [7, 11) is 0. The lowest BCUT2D eigenvalue weighted by molar-refractivity contribution is 0.619. The number of halogens is 2. The van der Waals surface area contributed by atoms with Crippen LogP contribution in [0.2, 0.25) is 5.02 Å². The smallest absolute Gasteiger partial charge is 0.228 e. The van der Waals surface area contributed by atoms with Gasteiger partial charge in [0.1, 0.15) is 18.2 Å². The Bertz CT molecular complexity index is 965. The first kappa shape index (κ1) is 13.5. The molecule has 108 valence electrons. The number of oxazole rings is 1. The minimum Gasteiger partial charge on any atom is -0.436 e. The maximum atomic E-state index is 6.23. The number of hydrogen-bond acceptors (Lipinski definition) is 4.